The Balaban J connectivity index is 2.51. The topological polar surface area (TPSA) is 80.7 Å². The summed E-state index contributed by atoms with van der Waals surface area (Å²) in [7, 11) is -2.07. The second kappa shape index (κ2) is 5.18. The van der Waals surface area contributed by atoms with Crippen molar-refractivity contribution in [2.75, 3.05) is 19.5 Å². The highest BCUT2D eigenvalue weighted by atomic mass is 32.2. The molecule has 3 unspecified atom stereocenters. The third kappa shape index (κ3) is 2.13. The van der Waals surface area contributed by atoms with Gasteiger partial charge in [-0.25, -0.2) is 8.42 Å². The largest absolute Gasteiger partial charge is 0.481 e. The molecule has 2 rings (SSSR count). The molecule has 1 fully saturated rings. The average molecular weight is 298 g/mol. The van der Waals surface area contributed by atoms with Crippen molar-refractivity contribution < 1.29 is 23.1 Å². The summed E-state index contributed by atoms with van der Waals surface area (Å²) in [6.45, 7) is 1.43. The summed E-state index contributed by atoms with van der Waals surface area (Å²) < 4.78 is 29.4. The quantitative estimate of drug-likeness (QED) is 0.856. The smallest absolute Gasteiger partial charge is 0.314 e. The third-order valence-corrected chi connectivity index (χ3v) is 6.26. The van der Waals surface area contributed by atoms with Gasteiger partial charge in [-0.3, -0.25) is 4.79 Å². The maximum absolute atomic E-state index is 12.2. The van der Waals surface area contributed by atoms with Crippen molar-refractivity contribution >= 4 is 15.8 Å². The highest BCUT2D eigenvalue weighted by Gasteiger charge is 2.75. The van der Waals surface area contributed by atoms with E-state index in [9.17, 15) is 18.3 Å². The van der Waals surface area contributed by atoms with Crippen molar-refractivity contribution in [2.24, 2.45) is 5.41 Å². The second-order valence-electron chi connectivity index (χ2n) is 5.04. The number of carboxylic acids is 1. The highest BCUT2D eigenvalue weighted by Crippen LogP contribution is 2.63. The Hall–Kier alpha value is -1.40. The lowest BCUT2D eigenvalue weighted by molar-refractivity contribution is -0.145. The fourth-order valence-corrected chi connectivity index (χ4v) is 5.02. The zero-order valence-electron chi connectivity index (χ0n) is 11.4. The van der Waals surface area contributed by atoms with Crippen LogP contribution in [0, 0.1) is 5.41 Å². The number of carbonyl (C=O) groups is 1. The molecule has 1 aromatic carbocycles. The van der Waals surface area contributed by atoms with E-state index in [4.69, 9.17) is 4.74 Å². The molecule has 1 aliphatic rings. The van der Waals surface area contributed by atoms with Crippen LogP contribution in [0.25, 0.3) is 0 Å². The number of sulfone groups is 1. The van der Waals surface area contributed by atoms with Gasteiger partial charge in [0.15, 0.2) is 9.84 Å². The average Bonchev–Trinajstić information content (AvgIpc) is 3.11. The van der Waals surface area contributed by atoms with Gasteiger partial charge in [0.25, 0.3) is 0 Å². The predicted octanol–water partition coefficient (Wildman–Crippen LogP) is 1.30. The number of hydrogen-bond donors (Lipinski definition) is 1. The zero-order chi connectivity index (χ0) is 15.0. The molecule has 110 valence electrons. The molecule has 6 heteroatoms. The molecule has 0 radical (unpaired) electrons. The van der Waals surface area contributed by atoms with Crippen LogP contribution in [0.15, 0.2) is 30.3 Å². The molecule has 0 aliphatic heterocycles. The molecular formula is C14H18O5S. The van der Waals surface area contributed by atoms with E-state index in [1.165, 1.54) is 14.0 Å². The summed E-state index contributed by atoms with van der Waals surface area (Å²) in [5.74, 6) is -1.74. The molecule has 1 aromatic rings. The van der Waals surface area contributed by atoms with E-state index < -0.39 is 32.4 Å². The van der Waals surface area contributed by atoms with E-state index in [-0.39, 0.29) is 12.4 Å². The van der Waals surface area contributed by atoms with Crippen LogP contribution in [0.5, 0.6) is 0 Å². The standard InChI is InChI=1S/C14H18O5S/c1-3-20(17,18)12-11(10-7-5-4-6-8-10)14(12,9-19-2)13(15)16/h4-8,11-12H,3,9H2,1-2H3,(H,15,16). The number of methoxy groups -OCH3 is 1. The van der Waals surface area contributed by atoms with E-state index >= 15 is 0 Å². The lowest BCUT2D eigenvalue weighted by atomic mass is 10.0. The summed E-state index contributed by atoms with van der Waals surface area (Å²) in [5.41, 5.74) is -0.640. The van der Waals surface area contributed by atoms with Crippen LogP contribution < -0.4 is 0 Å². The summed E-state index contributed by atoms with van der Waals surface area (Å²) >= 11 is 0. The van der Waals surface area contributed by atoms with E-state index in [1.807, 2.05) is 6.07 Å². The minimum Gasteiger partial charge on any atom is -0.481 e. The Bertz CT molecular complexity index is 595. The summed E-state index contributed by atoms with van der Waals surface area (Å²) in [5, 5.41) is 8.63. The van der Waals surface area contributed by atoms with Crippen molar-refractivity contribution in [3.63, 3.8) is 0 Å². The molecule has 0 bridgehead atoms. The molecule has 1 aliphatic carbocycles. The molecule has 3 atom stereocenters. The van der Waals surface area contributed by atoms with Crippen LogP contribution in [0.2, 0.25) is 0 Å². The van der Waals surface area contributed by atoms with E-state index in [0.29, 0.717) is 0 Å². The molecule has 0 spiro atoms. The van der Waals surface area contributed by atoms with Gasteiger partial charge in [-0.05, 0) is 5.56 Å². The molecule has 0 amide bonds. The minimum absolute atomic E-state index is 0.0697. The van der Waals surface area contributed by atoms with Crippen molar-refractivity contribution in [3.05, 3.63) is 35.9 Å². The Morgan fingerprint density at radius 2 is 1.95 bits per heavy atom. The lowest BCUT2D eigenvalue weighted by Gasteiger charge is -2.11. The predicted molar refractivity (Wildman–Crippen MR) is 74.4 cm³/mol. The van der Waals surface area contributed by atoms with Gasteiger partial charge in [-0.15, -0.1) is 0 Å². The summed E-state index contributed by atoms with van der Waals surface area (Å²) in [4.78, 5) is 11.7. The van der Waals surface area contributed by atoms with Gasteiger partial charge in [-0.1, -0.05) is 37.3 Å². The zero-order valence-corrected chi connectivity index (χ0v) is 12.3. The lowest BCUT2D eigenvalue weighted by Crippen LogP contribution is -2.29. The first-order valence-corrected chi connectivity index (χ1v) is 8.12. The molecular weight excluding hydrogens is 280 g/mol. The van der Waals surface area contributed by atoms with Crippen molar-refractivity contribution in [1.29, 1.82) is 0 Å². The van der Waals surface area contributed by atoms with Crippen LogP contribution >= 0.6 is 0 Å². The number of rotatable bonds is 6. The highest BCUT2D eigenvalue weighted by molar-refractivity contribution is 7.92. The van der Waals surface area contributed by atoms with E-state index in [0.717, 1.165) is 5.56 Å². The van der Waals surface area contributed by atoms with Gasteiger partial charge >= 0.3 is 5.97 Å². The minimum atomic E-state index is -3.46. The van der Waals surface area contributed by atoms with Crippen LogP contribution in [0.3, 0.4) is 0 Å². The van der Waals surface area contributed by atoms with Gasteiger partial charge < -0.3 is 9.84 Å². The fraction of sp³-hybridized carbons (Fsp3) is 0.500. The molecule has 1 N–H and O–H groups in total. The van der Waals surface area contributed by atoms with Crippen LogP contribution in [-0.4, -0.2) is 44.2 Å². The number of hydrogen-bond acceptors (Lipinski definition) is 4. The molecule has 20 heavy (non-hydrogen) atoms. The number of aliphatic carboxylic acids is 1. The van der Waals surface area contributed by atoms with Crippen LogP contribution in [-0.2, 0) is 19.4 Å². The van der Waals surface area contributed by atoms with Crippen molar-refractivity contribution in [3.8, 4) is 0 Å². The number of ether oxygens (including phenoxy) is 1. The molecule has 0 aromatic heterocycles. The van der Waals surface area contributed by atoms with Crippen LogP contribution in [0.1, 0.15) is 18.4 Å². The van der Waals surface area contributed by atoms with Crippen LogP contribution in [0.4, 0.5) is 0 Å². The Morgan fingerprint density at radius 1 is 1.35 bits per heavy atom. The molecule has 0 saturated heterocycles. The molecule has 1 saturated carbocycles. The fourth-order valence-electron chi connectivity index (χ4n) is 2.97. The Morgan fingerprint density at radius 3 is 2.40 bits per heavy atom. The monoisotopic (exact) mass is 298 g/mol. The van der Waals surface area contributed by atoms with Crippen molar-refractivity contribution in [1.82, 2.24) is 0 Å². The normalized spacial score (nSPS) is 29.1. The molecule has 5 nitrogen and oxygen atoms in total. The van der Waals surface area contributed by atoms with Crippen molar-refractivity contribution in [2.45, 2.75) is 18.1 Å². The number of carboxylic acid groups (broad SMARTS) is 1. The molecule has 0 heterocycles. The van der Waals surface area contributed by atoms with Gasteiger partial charge in [0, 0.05) is 18.8 Å². The summed E-state index contributed by atoms with van der Waals surface area (Å²) in [6.07, 6.45) is 0. The first kappa shape index (κ1) is 15.0. The number of benzene rings is 1. The third-order valence-electron chi connectivity index (χ3n) is 3.99. The van der Waals surface area contributed by atoms with Gasteiger partial charge in [0.05, 0.1) is 11.9 Å². The van der Waals surface area contributed by atoms with E-state index in [2.05, 4.69) is 0 Å². The van der Waals surface area contributed by atoms with Gasteiger partial charge in [0.2, 0.25) is 0 Å². The maximum atomic E-state index is 12.2. The van der Waals surface area contributed by atoms with E-state index in [1.54, 1.807) is 24.3 Å². The SMILES string of the molecule is CCS(=O)(=O)C1C(c2ccccc2)C1(COC)C(=O)O. The summed E-state index contributed by atoms with van der Waals surface area (Å²) in [6, 6.07) is 8.91. The van der Waals surface area contributed by atoms with Gasteiger partial charge in [-0.2, -0.15) is 0 Å². The maximum Gasteiger partial charge on any atom is 0.314 e. The second-order valence-corrected chi connectivity index (χ2v) is 7.45. The Kier molecular flexibility index (Phi) is 3.88. The van der Waals surface area contributed by atoms with Gasteiger partial charge in [0.1, 0.15) is 5.41 Å². The first-order chi connectivity index (χ1) is 9.41. The Labute approximate surface area is 118 Å². The first-order valence-electron chi connectivity index (χ1n) is 6.40.